The monoisotopic (exact) mass is 280 g/mol. The van der Waals surface area contributed by atoms with E-state index in [-0.39, 0.29) is 0 Å². The minimum Gasteiger partial charge on any atom is -0.368 e. The molecule has 2 aromatic rings. The molecular formula is C12H17ClN6. The van der Waals surface area contributed by atoms with Gasteiger partial charge in [-0.2, -0.15) is 19.6 Å². The van der Waals surface area contributed by atoms with Gasteiger partial charge in [-0.3, -0.25) is 0 Å². The largest absolute Gasteiger partial charge is 0.368 e. The van der Waals surface area contributed by atoms with Crippen LogP contribution in [0.2, 0.25) is 5.15 Å². The first-order valence-electron chi connectivity index (χ1n) is 6.47. The lowest BCUT2D eigenvalue weighted by Crippen LogP contribution is -2.32. The van der Waals surface area contributed by atoms with E-state index in [1.165, 1.54) is 25.7 Å². The van der Waals surface area contributed by atoms with E-state index in [0.29, 0.717) is 17.0 Å². The number of rotatable bonds is 3. The average molecular weight is 281 g/mol. The van der Waals surface area contributed by atoms with E-state index in [1.54, 1.807) is 4.52 Å². The van der Waals surface area contributed by atoms with Gasteiger partial charge in [0.15, 0.2) is 0 Å². The van der Waals surface area contributed by atoms with E-state index >= 15 is 0 Å². The van der Waals surface area contributed by atoms with E-state index in [4.69, 9.17) is 11.6 Å². The van der Waals surface area contributed by atoms with Gasteiger partial charge in [0.1, 0.15) is 17.3 Å². The molecule has 3 heterocycles. The van der Waals surface area contributed by atoms with Crippen LogP contribution in [-0.2, 0) is 0 Å². The number of fused-ring (bicyclic) bond motifs is 1. The lowest BCUT2D eigenvalue weighted by molar-refractivity contribution is 0.322. The van der Waals surface area contributed by atoms with Crippen molar-refractivity contribution in [3.63, 3.8) is 0 Å². The zero-order valence-corrected chi connectivity index (χ0v) is 11.9. The van der Waals surface area contributed by atoms with Crippen LogP contribution in [0.15, 0.2) is 6.33 Å². The average Bonchev–Trinajstić information content (AvgIpc) is 2.99. The minimum atomic E-state index is 0.475. The zero-order chi connectivity index (χ0) is 13.4. The van der Waals surface area contributed by atoms with Crippen molar-refractivity contribution in [3.8, 4) is 0 Å². The van der Waals surface area contributed by atoms with E-state index in [9.17, 15) is 0 Å². The third-order valence-electron chi connectivity index (χ3n) is 3.78. The molecule has 1 unspecified atom stereocenters. The van der Waals surface area contributed by atoms with Gasteiger partial charge in [0, 0.05) is 18.2 Å². The predicted octanol–water partition coefficient (Wildman–Crippen LogP) is 1.59. The molecule has 0 radical (unpaired) electrons. The topological polar surface area (TPSA) is 58.4 Å². The molecule has 102 valence electrons. The highest BCUT2D eigenvalue weighted by Gasteiger charge is 2.21. The van der Waals surface area contributed by atoms with Crippen molar-refractivity contribution in [1.29, 1.82) is 0 Å². The van der Waals surface area contributed by atoms with E-state index in [1.807, 2.05) is 6.92 Å². The Labute approximate surface area is 116 Å². The molecule has 0 aliphatic carbocycles. The van der Waals surface area contributed by atoms with Crippen LogP contribution in [0.4, 0.5) is 5.82 Å². The lowest BCUT2D eigenvalue weighted by atomic mass is 10.2. The highest BCUT2D eigenvalue weighted by Crippen LogP contribution is 2.23. The van der Waals surface area contributed by atoms with E-state index in [0.717, 1.165) is 17.9 Å². The number of nitrogens with zero attached hydrogens (tertiary/aromatic N) is 5. The normalized spacial score (nSPS) is 20.3. The van der Waals surface area contributed by atoms with Crippen molar-refractivity contribution in [2.24, 2.45) is 0 Å². The molecule has 1 atom stereocenters. The molecule has 0 aromatic carbocycles. The molecule has 0 saturated carbocycles. The first-order valence-corrected chi connectivity index (χ1v) is 6.84. The molecule has 1 N–H and O–H groups in total. The maximum absolute atomic E-state index is 6.13. The summed E-state index contributed by atoms with van der Waals surface area (Å²) in [5.41, 5.74) is 0.903. The van der Waals surface area contributed by atoms with Gasteiger partial charge in [0.25, 0.3) is 5.78 Å². The number of nitrogens with one attached hydrogen (secondary N) is 1. The molecule has 3 rings (SSSR count). The second-order valence-electron chi connectivity index (χ2n) is 5.01. The molecule has 19 heavy (non-hydrogen) atoms. The summed E-state index contributed by atoms with van der Waals surface area (Å²) in [5, 5.41) is 8.12. The Kier molecular flexibility index (Phi) is 3.28. The number of likely N-dealkylation sites (N-methyl/N-ethyl adjacent to an activating group) is 1. The standard InChI is InChI=1S/C12H17ClN6/c1-8-10(13)17-12-15-7-16-19(12)11(8)14-6-9-4-3-5-18(9)2/h7,9,14H,3-6H2,1-2H3. The van der Waals surface area contributed by atoms with Crippen LogP contribution in [0.1, 0.15) is 18.4 Å². The van der Waals surface area contributed by atoms with Crippen LogP contribution in [-0.4, -0.2) is 50.7 Å². The molecule has 1 fully saturated rings. The first-order chi connectivity index (χ1) is 9.16. The van der Waals surface area contributed by atoms with E-state index < -0.39 is 0 Å². The summed E-state index contributed by atoms with van der Waals surface area (Å²) in [6.45, 7) is 3.99. The van der Waals surface area contributed by atoms with Gasteiger partial charge >= 0.3 is 0 Å². The Hall–Kier alpha value is -1.40. The number of likely N-dealkylation sites (tertiary alicyclic amines) is 1. The van der Waals surface area contributed by atoms with E-state index in [2.05, 4.69) is 32.3 Å². The smallest absolute Gasteiger partial charge is 0.255 e. The van der Waals surface area contributed by atoms with Gasteiger partial charge in [0.2, 0.25) is 0 Å². The summed E-state index contributed by atoms with van der Waals surface area (Å²) in [6, 6.07) is 0.560. The summed E-state index contributed by atoms with van der Waals surface area (Å²) in [6.07, 6.45) is 3.98. The number of anilines is 1. The van der Waals surface area contributed by atoms with Crippen LogP contribution in [0.3, 0.4) is 0 Å². The zero-order valence-electron chi connectivity index (χ0n) is 11.1. The molecule has 2 aromatic heterocycles. The maximum Gasteiger partial charge on any atom is 0.255 e. The van der Waals surface area contributed by atoms with Gasteiger partial charge in [-0.25, -0.2) is 0 Å². The van der Waals surface area contributed by atoms with Crippen molar-refractivity contribution < 1.29 is 0 Å². The second-order valence-corrected chi connectivity index (χ2v) is 5.36. The highest BCUT2D eigenvalue weighted by atomic mass is 35.5. The first kappa shape index (κ1) is 12.6. The van der Waals surface area contributed by atoms with Gasteiger partial charge in [-0.15, -0.1) is 0 Å². The molecule has 1 saturated heterocycles. The van der Waals surface area contributed by atoms with Crippen LogP contribution in [0, 0.1) is 6.92 Å². The molecule has 6 nitrogen and oxygen atoms in total. The quantitative estimate of drug-likeness (QED) is 0.866. The van der Waals surface area contributed by atoms with Crippen molar-refractivity contribution in [3.05, 3.63) is 17.0 Å². The lowest BCUT2D eigenvalue weighted by Gasteiger charge is -2.21. The Morgan fingerprint density at radius 2 is 2.37 bits per heavy atom. The SMILES string of the molecule is Cc1c(Cl)nc2ncnn2c1NCC1CCCN1C. The molecular weight excluding hydrogens is 264 g/mol. The Balaban J connectivity index is 1.87. The van der Waals surface area contributed by atoms with Gasteiger partial charge in [0.05, 0.1) is 0 Å². The number of hydrogen-bond acceptors (Lipinski definition) is 5. The fourth-order valence-corrected chi connectivity index (χ4v) is 2.72. The van der Waals surface area contributed by atoms with Gasteiger partial charge in [-0.05, 0) is 33.4 Å². The Bertz CT molecular complexity index is 595. The summed E-state index contributed by atoms with van der Waals surface area (Å²) in [4.78, 5) is 10.7. The summed E-state index contributed by atoms with van der Waals surface area (Å²) in [7, 11) is 2.16. The second kappa shape index (κ2) is 4.94. The summed E-state index contributed by atoms with van der Waals surface area (Å²) < 4.78 is 1.70. The number of halogens is 1. The van der Waals surface area contributed by atoms with Crippen LogP contribution < -0.4 is 5.32 Å². The molecule has 1 aliphatic rings. The third kappa shape index (κ3) is 2.26. The highest BCUT2D eigenvalue weighted by molar-refractivity contribution is 6.30. The minimum absolute atomic E-state index is 0.475. The molecule has 0 bridgehead atoms. The van der Waals surface area contributed by atoms with Crippen molar-refractivity contribution in [1.82, 2.24) is 24.5 Å². The molecule has 0 amide bonds. The summed E-state index contributed by atoms with van der Waals surface area (Å²) >= 11 is 6.13. The van der Waals surface area contributed by atoms with Gasteiger partial charge in [-0.1, -0.05) is 11.6 Å². The van der Waals surface area contributed by atoms with Crippen LogP contribution in [0.25, 0.3) is 5.78 Å². The number of aromatic nitrogens is 4. The molecule has 0 spiro atoms. The van der Waals surface area contributed by atoms with Crippen molar-refractivity contribution in [2.75, 3.05) is 25.5 Å². The molecule has 7 heteroatoms. The van der Waals surface area contributed by atoms with Crippen LogP contribution >= 0.6 is 11.6 Å². The molecule has 1 aliphatic heterocycles. The van der Waals surface area contributed by atoms with Crippen LogP contribution in [0.5, 0.6) is 0 Å². The predicted molar refractivity (Wildman–Crippen MR) is 74.7 cm³/mol. The maximum atomic E-state index is 6.13. The third-order valence-corrected chi connectivity index (χ3v) is 4.15. The van der Waals surface area contributed by atoms with Crippen molar-refractivity contribution in [2.45, 2.75) is 25.8 Å². The fourth-order valence-electron chi connectivity index (χ4n) is 2.56. The Morgan fingerprint density at radius 1 is 1.53 bits per heavy atom. The summed E-state index contributed by atoms with van der Waals surface area (Å²) in [5.74, 6) is 1.41. The van der Waals surface area contributed by atoms with Gasteiger partial charge < -0.3 is 10.2 Å². The number of hydrogen-bond donors (Lipinski definition) is 1. The van der Waals surface area contributed by atoms with Crippen molar-refractivity contribution >= 4 is 23.2 Å². The fraction of sp³-hybridized carbons (Fsp3) is 0.583. The Morgan fingerprint density at radius 3 is 3.11 bits per heavy atom.